The number of ether oxygens (including phenoxy) is 1. The van der Waals surface area contributed by atoms with E-state index in [0.717, 1.165) is 19.1 Å². The predicted molar refractivity (Wildman–Crippen MR) is 73.1 cm³/mol. The molecule has 17 heavy (non-hydrogen) atoms. The van der Waals surface area contributed by atoms with Crippen molar-refractivity contribution in [3.05, 3.63) is 0 Å². The van der Waals surface area contributed by atoms with E-state index in [1.165, 1.54) is 38.8 Å². The highest BCUT2D eigenvalue weighted by Gasteiger charge is 2.28. The third kappa shape index (κ3) is 4.23. The smallest absolute Gasteiger partial charge is 0.0502 e. The van der Waals surface area contributed by atoms with Crippen LogP contribution in [-0.4, -0.2) is 44.3 Å². The van der Waals surface area contributed by atoms with Gasteiger partial charge in [-0.05, 0) is 31.2 Å². The van der Waals surface area contributed by atoms with Crippen LogP contribution in [0.1, 0.15) is 39.5 Å². The molecule has 2 unspecified atom stereocenters. The molecule has 0 radical (unpaired) electrons. The lowest BCUT2D eigenvalue weighted by Gasteiger charge is -2.41. The maximum Gasteiger partial charge on any atom is 0.0502 e. The second kappa shape index (κ2) is 8.06. The van der Waals surface area contributed by atoms with Crippen LogP contribution in [-0.2, 0) is 4.74 Å². The first kappa shape index (κ1) is 14.9. The fourth-order valence-electron chi connectivity index (χ4n) is 3.24. The van der Waals surface area contributed by atoms with Crippen LogP contribution in [0.2, 0.25) is 0 Å². The second-order valence-corrected chi connectivity index (χ2v) is 5.34. The normalized spacial score (nSPS) is 24.2. The van der Waals surface area contributed by atoms with Gasteiger partial charge < -0.3 is 10.5 Å². The van der Waals surface area contributed by atoms with E-state index < -0.39 is 0 Å². The van der Waals surface area contributed by atoms with Crippen molar-refractivity contribution in [1.82, 2.24) is 4.90 Å². The molecule has 1 saturated heterocycles. The zero-order valence-corrected chi connectivity index (χ0v) is 11.8. The summed E-state index contributed by atoms with van der Waals surface area (Å²) in [5, 5.41) is 0. The SMILES string of the molecule is CCC(CC)C(CN)N1CCCC(COC)C1. The summed E-state index contributed by atoms with van der Waals surface area (Å²) in [5.41, 5.74) is 6.00. The number of nitrogens with two attached hydrogens (primary N) is 1. The van der Waals surface area contributed by atoms with Gasteiger partial charge in [-0.15, -0.1) is 0 Å². The summed E-state index contributed by atoms with van der Waals surface area (Å²) < 4.78 is 5.30. The van der Waals surface area contributed by atoms with Crippen LogP contribution in [0.15, 0.2) is 0 Å². The van der Waals surface area contributed by atoms with Gasteiger partial charge in [-0.1, -0.05) is 26.7 Å². The molecule has 0 saturated carbocycles. The Hall–Kier alpha value is -0.120. The third-order valence-electron chi connectivity index (χ3n) is 4.26. The van der Waals surface area contributed by atoms with Crippen molar-refractivity contribution < 1.29 is 4.74 Å². The van der Waals surface area contributed by atoms with Gasteiger partial charge in [-0.2, -0.15) is 0 Å². The number of rotatable bonds is 7. The summed E-state index contributed by atoms with van der Waals surface area (Å²) in [5.74, 6) is 1.46. The van der Waals surface area contributed by atoms with E-state index in [1.54, 1.807) is 7.11 Å². The molecule has 2 atom stereocenters. The van der Waals surface area contributed by atoms with Gasteiger partial charge in [0, 0.05) is 26.2 Å². The van der Waals surface area contributed by atoms with Crippen molar-refractivity contribution in [2.45, 2.75) is 45.6 Å². The second-order valence-electron chi connectivity index (χ2n) is 5.34. The molecule has 1 heterocycles. The average Bonchev–Trinajstić information content (AvgIpc) is 2.36. The molecule has 1 rings (SSSR count). The molecule has 0 aromatic carbocycles. The van der Waals surface area contributed by atoms with Crippen LogP contribution in [0.3, 0.4) is 0 Å². The van der Waals surface area contributed by atoms with Crippen LogP contribution in [0.5, 0.6) is 0 Å². The molecule has 1 fully saturated rings. The van der Waals surface area contributed by atoms with Gasteiger partial charge in [0.2, 0.25) is 0 Å². The van der Waals surface area contributed by atoms with Crippen LogP contribution >= 0.6 is 0 Å². The largest absolute Gasteiger partial charge is 0.384 e. The molecule has 3 nitrogen and oxygen atoms in total. The van der Waals surface area contributed by atoms with Gasteiger partial charge in [-0.3, -0.25) is 4.90 Å². The van der Waals surface area contributed by atoms with E-state index in [2.05, 4.69) is 18.7 Å². The minimum Gasteiger partial charge on any atom is -0.384 e. The molecule has 0 spiro atoms. The van der Waals surface area contributed by atoms with Crippen molar-refractivity contribution >= 4 is 0 Å². The molecule has 102 valence electrons. The Morgan fingerprint density at radius 3 is 2.59 bits per heavy atom. The van der Waals surface area contributed by atoms with Gasteiger partial charge >= 0.3 is 0 Å². The van der Waals surface area contributed by atoms with E-state index in [1.807, 2.05) is 0 Å². The minimum atomic E-state index is 0.574. The lowest BCUT2D eigenvalue weighted by Crippen LogP contribution is -2.50. The standard InChI is InChI=1S/C14H30N2O/c1-4-13(5-2)14(9-15)16-8-6-7-12(10-16)11-17-3/h12-14H,4-11,15H2,1-3H3. The Bertz CT molecular complexity index is 193. The van der Waals surface area contributed by atoms with Crippen molar-refractivity contribution in [2.75, 3.05) is 33.4 Å². The number of piperidine rings is 1. The van der Waals surface area contributed by atoms with Gasteiger partial charge in [-0.25, -0.2) is 0 Å². The molecular weight excluding hydrogens is 212 g/mol. The fourth-order valence-corrected chi connectivity index (χ4v) is 3.24. The van der Waals surface area contributed by atoms with Gasteiger partial charge in [0.05, 0.1) is 6.61 Å². The van der Waals surface area contributed by atoms with Gasteiger partial charge in [0.15, 0.2) is 0 Å². The molecule has 0 bridgehead atoms. The highest BCUT2D eigenvalue weighted by molar-refractivity contribution is 4.83. The maximum atomic E-state index is 6.00. The first-order chi connectivity index (χ1) is 8.26. The Balaban J connectivity index is 2.55. The van der Waals surface area contributed by atoms with Crippen LogP contribution in [0, 0.1) is 11.8 Å². The third-order valence-corrected chi connectivity index (χ3v) is 4.26. The summed E-state index contributed by atoms with van der Waals surface area (Å²) in [6.07, 6.45) is 5.09. The predicted octanol–water partition coefficient (Wildman–Crippen LogP) is 2.11. The molecular formula is C14H30N2O. The zero-order chi connectivity index (χ0) is 12.7. The van der Waals surface area contributed by atoms with Gasteiger partial charge in [0.1, 0.15) is 0 Å². The summed E-state index contributed by atoms with van der Waals surface area (Å²) >= 11 is 0. The van der Waals surface area contributed by atoms with Gasteiger partial charge in [0.25, 0.3) is 0 Å². The monoisotopic (exact) mass is 242 g/mol. The lowest BCUT2D eigenvalue weighted by molar-refractivity contribution is 0.0505. The molecule has 0 amide bonds. The van der Waals surface area contributed by atoms with E-state index in [-0.39, 0.29) is 0 Å². The average molecular weight is 242 g/mol. The van der Waals surface area contributed by atoms with Crippen LogP contribution in [0.4, 0.5) is 0 Å². The van der Waals surface area contributed by atoms with E-state index in [9.17, 15) is 0 Å². The number of hydrogen-bond acceptors (Lipinski definition) is 3. The molecule has 1 aliphatic heterocycles. The molecule has 0 aromatic heterocycles. The maximum absolute atomic E-state index is 6.00. The number of hydrogen-bond donors (Lipinski definition) is 1. The number of methoxy groups -OCH3 is 1. The van der Waals surface area contributed by atoms with Crippen molar-refractivity contribution in [2.24, 2.45) is 17.6 Å². The molecule has 0 aromatic rings. The molecule has 0 aliphatic carbocycles. The fraction of sp³-hybridized carbons (Fsp3) is 1.00. The van der Waals surface area contributed by atoms with E-state index in [4.69, 9.17) is 10.5 Å². The highest BCUT2D eigenvalue weighted by Crippen LogP contribution is 2.24. The van der Waals surface area contributed by atoms with Crippen molar-refractivity contribution in [3.8, 4) is 0 Å². The van der Waals surface area contributed by atoms with Crippen molar-refractivity contribution in [3.63, 3.8) is 0 Å². The molecule has 1 aliphatic rings. The van der Waals surface area contributed by atoms with E-state index in [0.29, 0.717) is 12.0 Å². The summed E-state index contributed by atoms with van der Waals surface area (Å²) in [6, 6.07) is 0.574. The first-order valence-corrected chi connectivity index (χ1v) is 7.19. The Labute approximate surface area is 107 Å². The van der Waals surface area contributed by atoms with Crippen LogP contribution in [0.25, 0.3) is 0 Å². The molecule has 3 heteroatoms. The van der Waals surface area contributed by atoms with Crippen LogP contribution < -0.4 is 5.73 Å². The summed E-state index contributed by atoms with van der Waals surface area (Å²) in [4.78, 5) is 2.62. The number of likely N-dealkylation sites (tertiary alicyclic amines) is 1. The molecule has 2 N–H and O–H groups in total. The Kier molecular flexibility index (Phi) is 7.09. The Morgan fingerprint density at radius 2 is 2.06 bits per heavy atom. The highest BCUT2D eigenvalue weighted by atomic mass is 16.5. The quantitative estimate of drug-likeness (QED) is 0.743. The summed E-state index contributed by atoms with van der Waals surface area (Å²) in [7, 11) is 1.81. The topological polar surface area (TPSA) is 38.5 Å². The van der Waals surface area contributed by atoms with Crippen molar-refractivity contribution in [1.29, 1.82) is 0 Å². The summed E-state index contributed by atoms with van der Waals surface area (Å²) in [6.45, 7) is 8.66. The van der Waals surface area contributed by atoms with E-state index >= 15 is 0 Å². The number of nitrogens with zero attached hydrogens (tertiary/aromatic N) is 1. The first-order valence-electron chi connectivity index (χ1n) is 7.19. The minimum absolute atomic E-state index is 0.574. The zero-order valence-electron chi connectivity index (χ0n) is 11.8. The lowest BCUT2D eigenvalue weighted by atomic mass is 9.89. The Morgan fingerprint density at radius 1 is 1.35 bits per heavy atom.